The number of esters is 1. The number of hydrogen-bond donors (Lipinski definition) is 1. The van der Waals surface area contributed by atoms with E-state index in [9.17, 15) is 40.7 Å². The third kappa shape index (κ3) is 4.64. The van der Waals surface area contributed by atoms with Gasteiger partial charge in [0.05, 0.1) is 41.3 Å². The Hall–Kier alpha value is -3.90. The highest BCUT2D eigenvalue weighted by Crippen LogP contribution is 2.53. The lowest BCUT2D eigenvalue weighted by Gasteiger charge is -2.37. The van der Waals surface area contributed by atoms with Crippen molar-refractivity contribution in [1.29, 1.82) is 0 Å². The van der Waals surface area contributed by atoms with Crippen LogP contribution in [0.4, 0.5) is 32.0 Å². The molecule has 5 rings (SSSR count). The van der Waals surface area contributed by atoms with E-state index in [0.717, 1.165) is 36.3 Å². The maximum atomic E-state index is 14.1. The maximum Gasteiger partial charge on any atom is 0.416 e. The first-order valence-corrected chi connectivity index (χ1v) is 12.4. The van der Waals surface area contributed by atoms with Crippen LogP contribution in [0, 0.1) is 11.8 Å². The summed E-state index contributed by atoms with van der Waals surface area (Å²) in [4.78, 5) is 41.6. The summed E-state index contributed by atoms with van der Waals surface area (Å²) in [6.07, 6.45) is -9.70. The highest BCUT2D eigenvalue weighted by atomic mass is 35.5. The summed E-state index contributed by atoms with van der Waals surface area (Å²) in [5.41, 5.74) is -4.95. The Bertz CT molecular complexity index is 1480. The van der Waals surface area contributed by atoms with Gasteiger partial charge in [-0.1, -0.05) is 35.9 Å². The standard InChI is InChI=1S/C28H19ClF6N2O4/c1-41-25(40)22-20-21(24(39)37(23(20)38)19-10-8-18(29)9-11-19)26(36-22,14-4-2-6-16(12-14)27(30,31)32)15-5-3-7-17(13-15)28(33,34)35/h2-13,20-22,36H,1H3/t20-,21-,22+/m0/s1. The summed E-state index contributed by atoms with van der Waals surface area (Å²) >= 11 is 5.94. The van der Waals surface area contributed by atoms with Crippen LogP contribution in [0.2, 0.25) is 5.02 Å². The molecule has 2 amide bonds. The number of carbonyl (C=O) groups is 3. The lowest BCUT2D eigenvalue weighted by atomic mass is 9.71. The molecule has 0 spiro atoms. The Morgan fingerprint density at radius 1 is 0.854 bits per heavy atom. The van der Waals surface area contributed by atoms with Crippen LogP contribution in [0.1, 0.15) is 22.3 Å². The van der Waals surface area contributed by atoms with E-state index in [1.54, 1.807) is 0 Å². The van der Waals surface area contributed by atoms with Crippen molar-refractivity contribution in [2.24, 2.45) is 11.8 Å². The largest absolute Gasteiger partial charge is 0.468 e. The highest BCUT2D eigenvalue weighted by molar-refractivity contribution is 6.31. The predicted molar refractivity (Wildman–Crippen MR) is 134 cm³/mol. The summed E-state index contributed by atoms with van der Waals surface area (Å²) in [7, 11) is 1.01. The Morgan fingerprint density at radius 2 is 1.37 bits per heavy atom. The molecule has 41 heavy (non-hydrogen) atoms. The fourth-order valence-corrected chi connectivity index (χ4v) is 5.78. The second-order valence-corrected chi connectivity index (χ2v) is 10.0. The van der Waals surface area contributed by atoms with Gasteiger partial charge in [-0.25, -0.2) is 4.90 Å². The first-order chi connectivity index (χ1) is 19.2. The molecular weight excluding hydrogens is 578 g/mol. The van der Waals surface area contributed by atoms with Crippen LogP contribution in [0.25, 0.3) is 0 Å². The molecular formula is C28H19ClF6N2O4. The number of methoxy groups -OCH3 is 1. The van der Waals surface area contributed by atoms with Gasteiger partial charge in [-0.05, 0) is 59.7 Å². The van der Waals surface area contributed by atoms with Crippen molar-refractivity contribution in [1.82, 2.24) is 5.32 Å². The van der Waals surface area contributed by atoms with Gasteiger partial charge in [-0.3, -0.25) is 19.7 Å². The van der Waals surface area contributed by atoms with Crippen molar-refractivity contribution >= 4 is 35.1 Å². The molecule has 3 atom stereocenters. The number of fused-ring (bicyclic) bond motifs is 1. The number of amides is 2. The molecule has 13 heteroatoms. The Balaban J connectivity index is 1.81. The van der Waals surface area contributed by atoms with Crippen molar-refractivity contribution in [3.63, 3.8) is 0 Å². The van der Waals surface area contributed by atoms with Gasteiger partial charge in [-0.15, -0.1) is 0 Å². The number of rotatable bonds is 4. The lowest BCUT2D eigenvalue weighted by molar-refractivity contribution is -0.145. The number of carbonyl (C=O) groups excluding carboxylic acids is 3. The van der Waals surface area contributed by atoms with Crippen LogP contribution < -0.4 is 10.2 Å². The van der Waals surface area contributed by atoms with Gasteiger partial charge >= 0.3 is 18.3 Å². The molecule has 0 aromatic heterocycles. The Labute approximate surface area is 233 Å². The van der Waals surface area contributed by atoms with Crippen LogP contribution in [-0.4, -0.2) is 30.9 Å². The minimum Gasteiger partial charge on any atom is -0.468 e. The zero-order valence-electron chi connectivity index (χ0n) is 20.9. The molecule has 3 aromatic rings. The SMILES string of the molecule is COC(=O)[C@@H]1NC(c2cccc(C(F)(F)F)c2)(c2cccc(C(F)(F)F)c2)[C@@H]2C(=O)N(c3ccc(Cl)cc3)C(=O)[C@@H]21. The molecule has 2 aliphatic heterocycles. The number of nitrogens with zero attached hydrogens (tertiary/aromatic N) is 1. The van der Waals surface area contributed by atoms with Crippen LogP contribution in [0.5, 0.6) is 0 Å². The average Bonchev–Trinajstić information content (AvgIpc) is 3.42. The van der Waals surface area contributed by atoms with Gasteiger partial charge in [0.15, 0.2) is 0 Å². The Morgan fingerprint density at radius 3 is 1.83 bits per heavy atom. The van der Waals surface area contributed by atoms with Gasteiger partial charge in [0.2, 0.25) is 11.8 Å². The van der Waals surface area contributed by atoms with E-state index in [1.807, 2.05) is 0 Å². The monoisotopic (exact) mass is 596 g/mol. The van der Waals surface area contributed by atoms with Gasteiger partial charge < -0.3 is 4.74 Å². The van der Waals surface area contributed by atoms with Crippen LogP contribution in [0.15, 0.2) is 72.8 Å². The normalized spacial score (nSPS) is 22.1. The molecule has 6 nitrogen and oxygen atoms in total. The van der Waals surface area contributed by atoms with Crippen LogP contribution in [0.3, 0.4) is 0 Å². The zero-order chi connectivity index (χ0) is 29.9. The van der Waals surface area contributed by atoms with Gasteiger partial charge in [0.1, 0.15) is 6.04 Å². The van der Waals surface area contributed by atoms with Crippen molar-refractivity contribution < 1.29 is 45.5 Å². The van der Waals surface area contributed by atoms with Crippen LogP contribution >= 0.6 is 11.6 Å². The molecule has 3 aromatic carbocycles. The smallest absolute Gasteiger partial charge is 0.416 e. The number of anilines is 1. The first-order valence-electron chi connectivity index (χ1n) is 12.0. The number of hydrogen-bond acceptors (Lipinski definition) is 5. The predicted octanol–water partition coefficient (Wildman–Crippen LogP) is 5.57. The summed E-state index contributed by atoms with van der Waals surface area (Å²) in [5, 5.41) is 3.07. The van der Waals surface area contributed by atoms with E-state index in [0.29, 0.717) is 12.1 Å². The third-order valence-electron chi connectivity index (χ3n) is 7.39. The zero-order valence-corrected chi connectivity index (χ0v) is 21.6. The molecule has 2 fully saturated rings. The Kier molecular flexibility index (Phi) is 6.90. The first kappa shape index (κ1) is 28.6. The van der Waals surface area contributed by atoms with E-state index < -0.39 is 64.7 Å². The average molecular weight is 597 g/mol. The summed E-state index contributed by atoms with van der Waals surface area (Å²) < 4.78 is 87.7. The quantitative estimate of drug-likeness (QED) is 0.242. The van der Waals surface area contributed by atoms with E-state index in [4.69, 9.17) is 16.3 Å². The van der Waals surface area contributed by atoms with Gasteiger partial charge in [0.25, 0.3) is 0 Å². The minimum absolute atomic E-state index is 0.0596. The molecule has 2 heterocycles. The number of benzene rings is 3. The maximum absolute atomic E-state index is 14.1. The molecule has 0 aliphatic carbocycles. The second kappa shape index (κ2) is 9.88. The lowest BCUT2D eigenvalue weighted by Crippen LogP contribution is -2.52. The van der Waals surface area contributed by atoms with E-state index in [2.05, 4.69) is 5.32 Å². The number of halogens is 7. The summed E-state index contributed by atoms with van der Waals surface area (Å²) in [6, 6.07) is 11.3. The van der Waals surface area contributed by atoms with Gasteiger partial charge in [0, 0.05) is 5.02 Å². The number of nitrogens with one attached hydrogen (secondary N) is 1. The molecule has 0 bridgehead atoms. The number of alkyl halides is 6. The van der Waals surface area contributed by atoms with Crippen molar-refractivity contribution in [2.45, 2.75) is 23.9 Å². The molecule has 0 radical (unpaired) electrons. The minimum atomic E-state index is -4.85. The highest BCUT2D eigenvalue weighted by Gasteiger charge is 2.68. The number of imide groups is 1. The van der Waals surface area contributed by atoms with Crippen molar-refractivity contribution in [3.05, 3.63) is 100 Å². The third-order valence-corrected chi connectivity index (χ3v) is 7.64. The molecule has 0 saturated carbocycles. The summed E-state index contributed by atoms with van der Waals surface area (Å²) in [6.45, 7) is 0. The van der Waals surface area contributed by atoms with E-state index >= 15 is 0 Å². The molecule has 1 N–H and O–H groups in total. The van der Waals surface area contributed by atoms with E-state index in [-0.39, 0.29) is 21.8 Å². The molecule has 2 saturated heterocycles. The fourth-order valence-electron chi connectivity index (χ4n) is 5.66. The summed E-state index contributed by atoms with van der Waals surface area (Å²) in [5.74, 6) is -6.02. The topological polar surface area (TPSA) is 75.7 Å². The van der Waals surface area contributed by atoms with Gasteiger partial charge in [-0.2, -0.15) is 26.3 Å². The molecule has 2 aliphatic rings. The molecule has 0 unspecified atom stereocenters. The van der Waals surface area contributed by atoms with Crippen molar-refractivity contribution in [3.8, 4) is 0 Å². The second-order valence-electron chi connectivity index (χ2n) is 9.60. The number of ether oxygens (including phenoxy) is 1. The van der Waals surface area contributed by atoms with Crippen molar-refractivity contribution in [2.75, 3.05) is 12.0 Å². The van der Waals surface area contributed by atoms with Crippen LogP contribution in [-0.2, 0) is 37.0 Å². The van der Waals surface area contributed by atoms with E-state index in [1.165, 1.54) is 36.4 Å². The molecule has 214 valence electrons. The fraction of sp³-hybridized carbons (Fsp3) is 0.250.